The molecule has 3 fully saturated rings. The van der Waals surface area contributed by atoms with Crippen LogP contribution >= 0.6 is 11.9 Å². The average molecular weight is 265 g/mol. The minimum atomic E-state index is -4.15. The van der Waals surface area contributed by atoms with E-state index in [2.05, 4.69) is 4.72 Å². The molecular weight excluding hydrogens is 247 g/mol. The van der Waals surface area contributed by atoms with Crippen molar-refractivity contribution in [2.24, 2.45) is 23.2 Å². The van der Waals surface area contributed by atoms with E-state index in [4.69, 9.17) is 0 Å². The molecule has 5 heteroatoms. The van der Waals surface area contributed by atoms with E-state index >= 15 is 0 Å². The summed E-state index contributed by atoms with van der Waals surface area (Å²) in [5.41, 5.74) is -3.96. The molecular formula is C12H18F3NS. The summed E-state index contributed by atoms with van der Waals surface area (Å²) >= 11 is -0.0675. The quantitative estimate of drug-likeness (QED) is 0.775. The zero-order valence-corrected chi connectivity index (χ0v) is 10.5. The number of fused-ring (bicyclic) bond motifs is 2. The molecule has 1 N–H and O–H groups in total. The zero-order valence-electron chi connectivity index (χ0n) is 9.72. The molecule has 0 aromatic heterocycles. The molecule has 3 aliphatic carbocycles. The molecule has 0 aromatic carbocycles. The van der Waals surface area contributed by atoms with Crippen LogP contribution in [0.2, 0.25) is 0 Å². The first-order valence-electron chi connectivity index (χ1n) is 6.43. The highest BCUT2D eigenvalue weighted by molar-refractivity contribution is 7.98. The minimum Gasteiger partial charge on any atom is -0.256 e. The summed E-state index contributed by atoms with van der Waals surface area (Å²) in [6.45, 7) is 0.542. The van der Waals surface area contributed by atoms with Crippen molar-refractivity contribution < 1.29 is 13.2 Å². The van der Waals surface area contributed by atoms with Crippen LogP contribution in [0.5, 0.6) is 0 Å². The van der Waals surface area contributed by atoms with Crippen LogP contribution in [-0.2, 0) is 0 Å². The van der Waals surface area contributed by atoms with E-state index in [1.807, 2.05) is 0 Å². The molecule has 0 heterocycles. The predicted octanol–water partition coefficient (Wildman–Crippen LogP) is 3.96. The molecule has 17 heavy (non-hydrogen) atoms. The molecule has 3 bridgehead atoms. The van der Waals surface area contributed by atoms with Crippen LogP contribution < -0.4 is 4.72 Å². The SMILES string of the molecule is FC(F)(F)SNCC12CC3CCC(C1)C(C3)C2. The highest BCUT2D eigenvalue weighted by Crippen LogP contribution is 2.61. The molecule has 98 valence electrons. The van der Waals surface area contributed by atoms with Crippen LogP contribution in [0.4, 0.5) is 13.2 Å². The molecule has 4 atom stereocenters. The Labute approximate surface area is 104 Å². The van der Waals surface area contributed by atoms with E-state index in [9.17, 15) is 13.2 Å². The van der Waals surface area contributed by atoms with Gasteiger partial charge in [-0.15, -0.1) is 0 Å². The number of halogens is 3. The number of alkyl halides is 3. The third-order valence-electron chi connectivity index (χ3n) is 5.00. The van der Waals surface area contributed by atoms with Gasteiger partial charge in [0.15, 0.2) is 0 Å². The second-order valence-corrected chi connectivity index (χ2v) is 7.14. The molecule has 0 spiro atoms. The Morgan fingerprint density at radius 1 is 1.12 bits per heavy atom. The number of nitrogens with one attached hydrogen (secondary N) is 1. The summed E-state index contributed by atoms with van der Waals surface area (Å²) in [6.07, 6.45) is 7.47. The fraction of sp³-hybridized carbons (Fsp3) is 1.00. The lowest BCUT2D eigenvalue weighted by Crippen LogP contribution is -2.35. The number of hydrogen-bond donors (Lipinski definition) is 1. The van der Waals surface area contributed by atoms with Gasteiger partial charge in [0, 0.05) is 18.5 Å². The van der Waals surface area contributed by atoms with Gasteiger partial charge in [-0.25, -0.2) is 0 Å². The van der Waals surface area contributed by atoms with Crippen LogP contribution in [0.1, 0.15) is 38.5 Å². The van der Waals surface area contributed by atoms with Crippen LogP contribution in [0.25, 0.3) is 0 Å². The van der Waals surface area contributed by atoms with Gasteiger partial charge >= 0.3 is 5.51 Å². The Bertz CT molecular complexity index is 303. The van der Waals surface area contributed by atoms with Crippen molar-refractivity contribution in [1.82, 2.24) is 4.72 Å². The smallest absolute Gasteiger partial charge is 0.256 e. The van der Waals surface area contributed by atoms with Crippen LogP contribution in [0, 0.1) is 23.2 Å². The van der Waals surface area contributed by atoms with E-state index in [-0.39, 0.29) is 17.4 Å². The second kappa shape index (κ2) is 4.05. The third-order valence-corrected chi connectivity index (χ3v) is 5.52. The van der Waals surface area contributed by atoms with E-state index in [0.29, 0.717) is 6.54 Å². The van der Waals surface area contributed by atoms with Gasteiger partial charge in [-0.2, -0.15) is 13.2 Å². The first kappa shape index (κ1) is 12.2. The third kappa shape index (κ3) is 2.46. The Balaban J connectivity index is 1.60. The van der Waals surface area contributed by atoms with Crippen molar-refractivity contribution >= 4 is 11.9 Å². The molecule has 0 amide bonds. The van der Waals surface area contributed by atoms with Gasteiger partial charge in [-0.05, 0) is 55.3 Å². The lowest BCUT2D eigenvalue weighted by Gasteiger charge is -2.39. The number of hydrogen-bond acceptors (Lipinski definition) is 2. The standard InChI is InChI=1S/C12H18F3NS/c13-12(14,15)17-16-7-11-4-8-1-2-9(5-11)10(3-8)6-11/h8-10,16H,1-7H2. The predicted molar refractivity (Wildman–Crippen MR) is 62.3 cm³/mol. The Hall–Kier alpha value is 0.1000. The summed E-state index contributed by atoms with van der Waals surface area (Å²) in [5, 5.41) is 0. The topological polar surface area (TPSA) is 12.0 Å². The monoisotopic (exact) mass is 265 g/mol. The number of rotatable bonds is 3. The molecule has 4 unspecified atom stereocenters. The minimum absolute atomic E-state index is 0.0675. The van der Waals surface area contributed by atoms with Gasteiger partial charge in [0.25, 0.3) is 0 Å². The van der Waals surface area contributed by atoms with Crippen molar-refractivity contribution in [2.45, 2.75) is 44.0 Å². The highest BCUT2D eigenvalue weighted by atomic mass is 32.2. The van der Waals surface area contributed by atoms with Gasteiger partial charge in [0.05, 0.1) is 0 Å². The Kier molecular flexibility index (Phi) is 2.90. The zero-order chi connectivity index (χ0) is 12.1. The van der Waals surface area contributed by atoms with E-state index in [1.54, 1.807) is 0 Å². The summed E-state index contributed by atoms with van der Waals surface area (Å²) in [7, 11) is 0. The maximum absolute atomic E-state index is 12.1. The normalized spacial score (nSPS) is 44.3. The van der Waals surface area contributed by atoms with Crippen LogP contribution in [0.3, 0.4) is 0 Å². The van der Waals surface area contributed by atoms with E-state index in [1.165, 1.54) is 32.1 Å². The largest absolute Gasteiger partial charge is 0.456 e. The fourth-order valence-electron chi connectivity index (χ4n) is 4.59. The van der Waals surface area contributed by atoms with Crippen molar-refractivity contribution in [3.8, 4) is 0 Å². The van der Waals surface area contributed by atoms with Crippen molar-refractivity contribution in [3.05, 3.63) is 0 Å². The van der Waals surface area contributed by atoms with E-state index in [0.717, 1.165) is 24.2 Å². The molecule has 3 aliphatic rings. The van der Waals surface area contributed by atoms with Gasteiger partial charge < -0.3 is 0 Å². The van der Waals surface area contributed by atoms with Crippen LogP contribution in [-0.4, -0.2) is 12.1 Å². The summed E-state index contributed by atoms with van der Waals surface area (Å²) in [6, 6.07) is 0. The van der Waals surface area contributed by atoms with Gasteiger partial charge in [0.1, 0.15) is 0 Å². The van der Waals surface area contributed by atoms with Gasteiger partial charge in [-0.1, -0.05) is 6.42 Å². The molecule has 3 saturated carbocycles. The fourth-order valence-corrected chi connectivity index (χ4v) is 5.13. The Morgan fingerprint density at radius 3 is 2.65 bits per heavy atom. The maximum Gasteiger partial charge on any atom is 0.456 e. The van der Waals surface area contributed by atoms with E-state index < -0.39 is 5.51 Å². The molecule has 0 aliphatic heterocycles. The van der Waals surface area contributed by atoms with Crippen molar-refractivity contribution in [1.29, 1.82) is 0 Å². The lowest BCUT2D eigenvalue weighted by atomic mass is 9.67. The molecule has 0 saturated heterocycles. The van der Waals surface area contributed by atoms with Gasteiger partial charge in [0.2, 0.25) is 0 Å². The summed E-state index contributed by atoms with van der Waals surface area (Å²) < 4.78 is 38.9. The summed E-state index contributed by atoms with van der Waals surface area (Å²) in [5.74, 6) is 2.43. The average Bonchev–Trinajstić information content (AvgIpc) is 2.35. The van der Waals surface area contributed by atoms with Gasteiger partial charge in [-0.3, -0.25) is 4.72 Å². The van der Waals surface area contributed by atoms with Crippen LogP contribution in [0.15, 0.2) is 0 Å². The highest BCUT2D eigenvalue weighted by Gasteiger charge is 2.52. The van der Waals surface area contributed by atoms with Crippen molar-refractivity contribution in [3.63, 3.8) is 0 Å². The molecule has 0 radical (unpaired) electrons. The maximum atomic E-state index is 12.1. The first-order valence-corrected chi connectivity index (χ1v) is 7.25. The summed E-state index contributed by atoms with van der Waals surface area (Å²) in [4.78, 5) is 0. The van der Waals surface area contributed by atoms with Crippen molar-refractivity contribution in [2.75, 3.05) is 6.54 Å². The molecule has 3 rings (SSSR count). The second-order valence-electron chi connectivity index (χ2n) is 6.18. The lowest BCUT2D eigenvalue weighted by molar-refractivity contribution is -0.0338. The molecule has 0 aromatic rings. The molecule has 1 nitrogen and oxygen atoms in total. The Morgan fingerprint density at radius 2 is 1.88 bits per heavy atom. The first-order chi connectivity index (χ1) is 7.96.